The van der Waals surface area contributed by atoms with Crippen LogP contribution in [0, 0.1) is 23.7 Å². The number of unbranched alkanes of at least 4 members (excludes halogenated alkanes) is 2. The molecule has 1 aromatic carbocycles. The van der Waals surface area contributed by atoms with Crippen LogP contribution >= 0.6 is 11.8 Å². The van der Waals surface area contributed by atoms with Crippen LogP contribution in [0.25, 0.3) is 0 Å². The lowest BCUT2D eigenvalue weighted by molar-refractivity contribution is -0.142. The van der Waals surface area contributed by atoms with E-state index in [2.05, 4.69) is 73.4 Å². The van der Waals surface area contributed by atoms with Crippen molar-refractivity contribution < 1.29 is 67.7 Å². The number of H-pyrrole nitrogens is 1. The van der Waals surface area contributed by atoms with Gasteiger partial charge in [0.15, 0.2) is 5.96 Å². The topological polar surface area (TPSA) is 549 Å². The number of hydrogen-bond acceptors (Lipinski definition) is 19. The summed E-state index contributed by atoms with van der Waals surface area (Å²) in [4.78, 5) is 179. The van der Waals surface area contributed by atoms with Gasteiger partial charge in [-0.25, -0.2) is 9.78 Å². The molecular weight excluding hydrogens is 1340 g/mol. The van der Waals surface area contributed by atoms with Crippen LogP contribution in [0.1, 0.15) is 157 Å². The number of rotatable bonds is 51. The summed E-state index contributed by atoms with van der Waals surface area (Å²) in [7, 11) is 0. The molecule has 0 aliphatic rings. The van der Waals surface area contributed by atoms with Gasteiger partial charge in [0, 0.05) is 31.3 Å². The molecule has 2 aromatic rings. The predicted octanol–water partition coefficient (Wildman–Crippen LogP) is -1.80. The van der Waals surface area contributed by atoms with Crippen LogP contribution in [-0.2, 0) is 70.4 Å². The number of imidazole rings is 1. The molecule has 0 saturated carbocycles. The fourth-order valence-electron chi connectivity index (χ4n) is 10.6. The fourth-order valence-corrected chi connectivity index (χ4v) is 11.1. The number of carbonyl (C=O) groups excluding carboxylic acids is 11. The van der Waals surface area contributed by atoms with Crippen molar-refractivity contribution in [3.8, 4) is 0 Å². The van der Waals surface area contributed by atoms with Gasteiger partial charge in [-0.3, -0.25) is 57.7 Å². The number of carboxylic acids is 1. The number of nitrogens with one attached hydrogen (secondary N) is 12. The minimum Gasteiger partial charge on any atom is -0.480 e. The Kier molecular flexibility index (Phi) is 42.5. The van der Waals surface area contributed by atoms with Gasteiger partial charge in [0.2, 0.25) is 65.0 Å². The van der Waals surface area contributed by atoms with E-state index < -0.39 is 162 Å². The SMILES string of the molecule is CC[C@H](C)[C@H](NC(=O)[C@H](CC(C)C)NC(=O)[C@H](C)NC(=O)[C@H](CCCN=C(N)N)NC(=O)[C@H](Cc1ccccc1)NC(=O)[C@@H](NC(=O)[C@@H](NC(=O)[C@@H](N)CCSC)[C@@H](C)CC)[C@@H](C)CC)C(=O)N[C@@H](CO)C(=O)N[C@@H](Cc1cnc[nH]1)C(=O)N[C@@H](CCCCN)C(=O)N[C@@H](CCCCN)C(=O)O. The Morgan fingerprint density at radius 3 is 1.41 bits per heavy atom. The van der Waals surface area contributed by atoms with Crippen molar-refractivity contribution in [3.63, 3.8) is 0 Å². The highest BCUT2D eigenvalue weighted by atomic mass is 32.2. The van der Waals surface area contributed by atoms with Crippen molar-refractivity contribution in [1.82, 2.24) is 68.5 Å². The number of aliphatic carboxylic acids is 1. The molecule has 0 spiro atoms. The average molecular weight is 1460 g/mol. The van der Waals surface area contributed by atoms with Crippen LogP contribution in [-0.4, -0.2) is 208 Å². The molecule has 0 aliphatic carbocycles. The highest BCUT2D eigenvalue weighted by Crippen LogP contribution is 2.17. The number of nitrogens with zero attached hydrogens (tertiary/aromatic N) is 2. The third-order valence-electron chi connectivity index (χ3n) is 17.5. The molecule has 11 amide bonds. The maximum atomic E-state index is 14.7. The Hall–Kier alpha value is -8.47. The van der Waals surface area contributed by atoms with Crippen LogP contribution in [0.4, 0.5) is 0 Å². The van der Waals surface area contributed by atoms with Crippen LogP contribution in [0.2, 0.25) is 0 Å². The fraction of sp³-hybridized carbons (Fsp3) is 0.676. The molecule has 2 rings (SSSR count). The van der Waals surface area contributed by atoms with Gasteiger partial charge in [-0.2, -0.15) is 11.8 Å². The average Bonchev–Trinajstić information content (AvgIpc) is 1.07. The highest BCUT2D eigenvalue weighted by Gasteiger charge is 2.39. The number of aliphatic hydroxyl groups excluding tert-OH is 1. The standard InChI is InChI=1S/C68H117N19O14S/c1-11-39(6)53(65(98)84-52(36-88)63(96)82-51(34-44-35-74-37-76-44)61(94)78-46(24-17-19-28-69)59(92)80-48(67(100)101)25-18-20-29-70)86-62(95)49(32-38(4)5)81-56(89)42(9)77-58(91)47(26-21-30-75-68(72)73)79-60(93)50(33-43-22-15-14-16-23-43)83-64(97)54(40(7)12-2)87-66(99)55(41(8)13-3)85-57(90)45(71)27-31-102-10/h14-16,22-23,35,37-42,45-55,88H,11-13,17-21,24-34,36,69-71H2,1-10H3,(H,74,76)(H,77,91)(H,78,94)(H,79,93)(H,80,92)(H,81,89)(H,82,96)(H,83,97)(H,84,98)(H,85,90)(H,86,95)(H,87,99)(H,100,101)(H4,72,73,75)/t39-,40-,41-,42-,45-,46-,47-,48-,49-,50-,51-,52-,53-,54-,55-/m0/s1. The van der Waals surface area contributed by atoms with Gasteiger partial charge in [0.25, 0.3) is 0 Å². The zero-order valence-electron chi connectivity index (χ0n) is 60.9. The maximum absolute atomic E-state index is 14.7. The van der Waals surface area contributed by atoms with E-state index in [4.69, 9.17) is 28.7 Å². The number of amides is 11. The van der Waals surface area contributed by atoms with Gasteiger partial charge in [-0.15, -0.1) is 0 Å². The molecule has 0 radical (unpaired) electrons. The van der Waals surface area contributed by atoms with E-state index in [9.17, 15) is 67.7 Å². The van der Waals surface area contributed by atoms with E-state index in [1.165, 1.54) is 31.2 Å². The quantitative estimate of drug-likeness (QED) is 0.0197. The van der Waals surface area contributed by atoms with E-state index in [1.807, 2.05) is 20.1 Å². The highest BCUT2D eigenvalue weighted by molar-refractivity contribution is 7.98. The third kappa shape index (κ3) is 32.7. The molecule has 15 atom stereocenters. The Morgan fingerprint density at radius 1 is 0.510 bits per heavy atom. The van der Waals surface area contributed by atoms with Crippen molar-refractivity contribution in [1.29, 1.82) is 0 Å². The smallest absolute Gasteiger partial charge is 0.326 e. The van der Waals surface area contributed by atoms with Gasteiger partial charge in [-0.1, -0.05) is 105 Å². The monoisotopic (exact) mass is 1460 g/mol. The number of aromatic nitrogens is 2. The minimum atomic E-state index is -1.73. The molecule has 24 N–H and O–H groups in total. The van der Waals surface area contributed by atoms with Gasteiger partial charge in [0.05, 0.1) is 19.0 Å². The van der Waals surface area contributed by atoms with E-state index in [1.54, 1.807) is 71.9 Å². The second-order valence-corrected chi connectivity index (χ2v) is 27.3. The molecule has 1 aromatic heterocycles. The largest absolute Gasteiger partial charge is 0.480 e. The number of carbonyl (C=O) groups is 12. The summed E-state index contributed by atoms with van der Waals surface area (Å²) >= 11 is 1.52. The van der Waals surface area contributed by atoms with Crippen LogP contribution in [0.5, 0.6) is 0 Å². The number of aliphatic imine (C=N–C) groups is 1. The summed E-state index contributed by atoms with van der Waals surface area (Å²) in [6, 6.07) is -7.06. The molecule has 0 unspecified atom stereocenters. The molecule has 34 heteroatoms. The van der Waals surface area contributed by atoms with Crippen molar-refractivity contribution in [2.24, 2.45) is 57.3 Å². The molecule has 0 fully saturated rings. The van der Waals surface area contributed by atoms with Crippen molar-refractivity contribution >= 4 is 88.7 Å². The van der Waals surface area contributed by atoms with Crippen molar-refractivity contribution in [2.45, 2.75) is 231 Å². The molecule has 574 valence electrons. The number of nitrogens with two attached hydrogens (primary N) is 5. The van der Waals surface area contributed by atoms with Gasteiger partial charge < -0.3 is 102 Å². The predicted molar refractivity (Wildman–Crippen MR) is 389 cm³/mol. The van der Waals surface area contributed by atoms with Crippen LogP contribution < -0.4 is 87.2 Å². The van der Waals surface area contributed by atoms with E-state index >= 15 is 0 Å². The second kappa shape index (κ2) is 48.4. The molecular formula is C68H117N19O14S. The lowest BCUT2D eigenvalue weighted by atomic mass is 9.94. The number of hydrogen-bond donors (Lipinski definition) is 19. The Labute approximate surface area is 603 Å². The summed E-state index contributed by atoms with van der Waals surface area (Å²) in [5.74, 6) is -11.5. The zero-order chi connectivity index (χ0) is 76.6. The lowest BCUT2D eigenvalue weighted by Gasteiger charge is -2.31. The van der Waals surface area contributed by atoms with Gasteiger partial charge in [-0.05, 0) is 125 Å². The third-order valence-corrected chi connectivity index (χ3v) is 18.1. The first-order valence-corrected chi connectivity index (χ1v) is 36.7. The van der Waals surface area contributed by atoms with Crippen molar-refractivity contribution in [3.05, 3.63) is 54.1 Å². The number of carboxylic acid groups (broad SMARTS) is 1. The first-order valence-electron chi connectivity index (χ1n) is 35.3. The van der Waals surface area contributed by atoms with Gasteiger partial charge in [0.1, 0.15) is 66.5 Å². The Balaban J connectivity index is 2.46. The minimum absolute atomic E-state index is 0.0147. The van der Waals surface area contributed by atoms with E-state index in [0.29, 0.717) is 74.9 Å². The number of thioether (sulfide) groups is 1. The molecule has 0 aliphatic heterocycles. The summed E-state index contributed by atoms with van der Waals surface area (Å²) in [6.45, 7) is 15.1. The first kappa shape index (κ1) is 89.6. The molecule has 33 nitrogen and oxygen atoms in total. The summed E-state index contributed by atoms with van der Waals surface area (Å²) in [5, 5.41) is 49.8. The zero-order valence-corrected chi connectivity index (χ0v) is 61.7. The Morgan fingerprint density at radius 2 is 0.931 bits per heavy atom. The van der Waals surface area contributed by atoms with Gasteiger partial charge >= 0.3 is 5.97 Å². The van der Waals surface area contributed by atoms with Crippen LogP contribution in [0.15, 0.2) is 47.8 Å². The first-order chi connectivity index (χ1) is 48.4. The molecule has 1 heterocycles. The number of aromatic amines is 1. The van der Waals surface area contributed by atoms with E-state index in [-0.39, 0.29) is 75.8 Å². The number of aliphatic hydroxyl groups is 1. The Bertz CT molecular complexity index is 2980. The van der Waals surface area contributed by atoms with Crippen molar-refractivity contribution in [2.75, 3.05) is 38.2 Å². The molecule has 102 heavy (non-hydrogen) atoms. The maximum Gasteiger partial charge on any atom is 0.326 e. The summed E-state index contributed by atoms with van der Waals surface area (Å²) < 4.78 is 0. The summed E-state index contributed by atoms with van der Waals surface area (Å²) in [5.41, 5.74) is 29.7. The second-order valence-electron chi connectivity index (χ2n) is 26.3. The van der Waals surface area contributed by atoms with E-state index in [0.717, 1.165) is 0 Å². The summed E-state index contributed by atoms with van der Waals surface area (Å²) in [6.07, 6.45) is 7.77. The van der Waals surface area contributed by atoms with Crippen LogP contribution in [0.3, 0.4) is 0 Å². The lowest BCUT2D eigenvalue weighted by Crippen LogP contribution is -2.62. The number of benzene rings is 1. The molecule has 0 bridgehead atoms. The molecule has 0 saturated heterocycles. The normalized spacial score (nSPS) is 15.7. The number of guanidine groups is 1.